The molecule has 302 valence electrons. The van der Waals surface area contributed by atoms with E-state index in [1.807, 2.05) is 49.3 Å². The van der Waals surface area contributed by atoms with Crippen LogP contribution in [0.3, 0.4) is 0 Å². The number of nitrogens with one attached hydrogen (secondary N) is 4. The van der Waals surface area contributed by atoms with E-state index >= 15 is 0 Å². The van der Waals surface area contributed by atoms with Crippen LogP contribution in [0.25, 0.3) is 11.3 Å². The minimum Gasteiger partial charge on any atom is -0.475 e. The SMILES string of the molecule is CN(C)CCOC(=O)c1cc(N)cc(-c2cnc(NC3CC3)c(=O)n2CC(=O)NCc2ccc(C(=N)NC(=O)OCc3ccccc3)cc2)c1.O=C(O)C(F)(F)F. The number of carbonyl (C=O) groups excluding carboxylic acids is 3. The third-order valence-electron chi connectivity index (χ3n) is 7.95. The third kappa shape index (κ3) is 13.8. The van der Waals surface area contributed by atoms with Gasteiger partial charge in [-0.3, -0.25) is 24.9 Å². The Kier molecular flexibility index (Phi) is 14.9. The molecule has 57 heavy (non-hydrogen) atoms. The van der Waals surface area contributed by atoms with E-state index in [0.717, 1.165) is 24.0 Å². The molecule has 0 saturated heterocycles. The Morgan fingerprint density at radius 2 is 1.65 bits per heavy atom. The molecule has 1 fully saturated rings. The van der Waals surface area contributed by atoms with E-state index in [1.165, 1.54) is 16.8 Å². The molecule has 0 unspecified atom stereocenters. The summed E-state index contributed by atoms with van der Waals surface area (Å²) < 4.78 is 43.6. The molecule has 16 nitrogen and oxygen atoms in total. The summed E-state index contributed by atoms with van der Waals surface area (Å²) in [5, 5.41) is 23.7. The molecule has 0 aliphatic heterocycles. The van der Waals surface area contributed by atoms with Crippen molar-refractivity contribution in [3.63, 3.8) is 0 Å². The van der Waals surface area contributed by atoms with Crippen LogP contribution in [0.4, 0.5) is 29.5 Å². The summed E-state index contributed by atoms with van der Waals surface area (Å²) in [6, 6.07) is 20.7. The van der Waals surface area contributed by atoms with Crippen molar-refractivity contribution in [2.75, 3.05) is 38.3 Å². The number of aliphatic carboxylic acids is 1. The highest BCUT2D eigenvalue weighted by atomic mass is 19.4. The number of rotatable bonds is 14. The fourth-order valence-corrected chi connectivity index (χ4v) is 4.84. The van der Waals surface area contributed by atoms with Gasteiger partial charge in [0.2, 0.25) is 5.91 Å². The summed E-state index contributed by atoms with van der Waals surface area (Å²) >= 11 is 0. The Hall–Kier alpha value is -6.76. The molecule has 2 amide bonds. The lowest BCUT2D eigenvalue weighted by Crippen LogP contribution is -2.34. The number of hydrogen-bond acceptors (Lipinski definition) is 12. The summed E-state index contributed by atoms with van der Waals surface area (Å²) in [6.07, 6.45) is -2.51. The molecular weight excluding hydrogens is 753 g/mol. The number of halogens is 3. The first-order chi connectivity index (χ1) is 27.0. The molecule has 7 N–H and O–H groups in total. The van der Waals surface area contributed by atoms with E-state index in [4.69, 9.17) is 30.5 Å². The van der Waals surface area contributed by atoms with Gasteiger partial charge in [-0.15, -0.1) is 0 Å². The molecule has 1 aliphatic carbocycles. The smallest absolute Gasteiger partial charge is 0.475 e. The Balaban J connectivity index is 0.000000940. The summed E-state index contributed by atoms with van der Waals surface area (Å²) in [5.74, 6) is -3.76. The quantitative estimate of drug-likeness (QED) is 0.0461. The zero-order valence-electron chi connectivity index (χ0n) is 30.9. The van der Waals surface area contributed by atoms with Crippen molar-refractivity contribution in [1.82, 2.24) is 25.1 Å². The van der Waals surface area contributed by atoms with Crippen LogP contribution < -0.4 is 27.2 Å². The van der Waals surface area contributed by atoms with Gasteiger partial charge in [0, 0.05) is 35.9 Å². The number of alkyl carbamates (subject to hydrolysis) is 1. The molecule has 1 saturated carbocycles. The highest BCUT2D eigenvalue weighted by Crippen LogP contribution is 2.26. The van der Waals surface area contributed by atoms with Gasteiger partial charge in [-0.1, -0.05) is 54.6 Å². The number of nitrogens with two attached hydrogens (primary N) is 1. The van der Waals surface area contributed by atoms with E-state index in [-0.39, 0.29) is 55.2 Å². The second-order valence-electron chi connectivity index (χ2n) is 12.9. The van der Waals surface area contributed by atoms with Crippen LogP contribution in [0.5, 0.6) is 0 Å². The monoisotopic (exact) mass is 794 g/mol. The van der Waals surface area contributed by atoms with Crippen LogP contribution in [0.1, 0.15) is 39.9 Å². The average molecular weight is 795 g/mol. The number of amidine groups is 1. The number of esters is 1. The molecule has 0 bridgehead atoms. The number of carbonyl (C=O) groups is 4. The van der Waals surface area contributed by atoms with Crippen molar-refractivity contribution in [3.05, 3.63) is 112 Å². The maximum absolute atomic E-state index is 13.6. The van der Waals surface area contributed by atoms with Crippen LogP contribution >= 0.6 is 0 Å². The Morgan fingerprint density at radius 1 is 0.982 bits per heavy atom. The van der Waals surface area contributed by atoms with Crippen molar-refractivity contribution >= 4 is 41.3 Å². The number of benzene rings is 3. The summed E-state index contributed by atoms with van der Waals surface area (Å²) in [7, 11) is 3.74. The minimum atomic E-state index is -5.08. The Bertz CT molecular complexity index is 2120. The molecule has 0 radical (unpaired) electrons. The first-order valence-electron chi connectivity index (χ1n) is 17.3. The van der Waals surface area contributed by atoms with Gasteiger partial charge in [-0.05, 0) is 56.3 Å². The van der Waals surface area contributed by atoms with Crippen molar-refractivity contribution in [3.8, 4) is 11.3 Å². The second-order valence-corrected chi connectivity index (χ2v) is 12.9. The van der Waals surface area contributed by atoms with Crippen LogP contribution in [0.2, 0.25) is 0 Å². The van der Waals surface area contributed by atoms with Crippen molar-refractivity contribution < 1.29 is 46.9 Å². The molecular formula is C38H41F3N8O8. The topological polar surface area (TPSA) is 231 Å². The van der Waals surface area contributed by atoms with Gasteiger partial charge in [-0.2, -0.15) is 13.2 Å². The largest absolute Gasteiger partial charge is 0.490 e. The van der Waals surface area contributed by atoms with Crippen molar-refractivity contribution in [2.45, 2.75) is 44.8 Å². The molecule has 19 heteroatoms. The molecule has 0 spiro atoms. The number of amides is 2. The third-order valence-corrected chi connectivity index (χ3v) is 7.95. The number of nitrogens with zero attached hydrogens (tertiary/aromatic N) is 3. The van der Waals surface area contributed by atoms with Crippen LogP contribution in [-0.2, 0) is 38.8 Å². The number of anilines is 2. The predicted octanol–water partition coefficient (Wildman–Crippen LogP) is 3.99. The van der Waals surface area contributed by atoms with Crippen molar-refractivity contribution in [2.24, 2.45) is 0 Å². The lowest BCUT2D eigenvalue weighted by molar-refractivity contribution is -0.192. The van der Waals surface area contributed by atoms with Gasteiger partial charge in [-0.25, -0.2) is 19.4 Å². The first-order valence-corrected chi connectivity index (χ1v) is 17.3. The van der Waals surface area contributed by atoms with E-state index in [1.54, 1.807) is 36.4 Å². The number of aromatic nitrogens is 2. The molecule has 1 aromatic heterocycles. The Morgan fingerprint density at radius 3 is 2.26 bits per heavy atom. The fourth-order valence-electron chi connectivity index (χ4n) is 4.84. The maximum Gasteiger partial charge on any atom is 0.490 e. The number of carboxylic acids is 1. The zero-order chi connectivity index (χ0) is 41.7. The molecule has 1 aliphatic rings. The average Bonchev–Trinajstić information content (AvgIpc) is 3.99. The lowest BCUT2D eigenvalue weighted by atomic mass is 10.1. The lowest BCUT2D eigenvalue weighted by Gasteiger charge is -2.16. The van der Waals surface area contributed by atoms with Gasteiger partial charge < -0.3 is 35.8 Å². The normalized spacial score (nSPS) is 12.1. The highest BCUT2D eigenvalue weighted by molar-refractivity contribution is 6.04. The van der Waals surface area contributed by atoms with Gasteiger partial charge in [0.05, 0.1) is 17.5 Å². The van der Waals surface area contributed by atoms with Crippen molar-refractivity contribution in [1.29, 1.82) is 5.41 Å². The van der Waals surface area contributed by atoms with Crippen LogP contribution in [-0.4, -0.2) is 88.8 Å². The number of ether oxygens (including phenoxy) is 2. The fraction of sp³-hybridized carbons (Fsp3) is 0.289. The Labute approximate surface area is 324 Å². The summed E-state index contributed by atoms with van der Waals surface area (Å²) in [5.41, 5.74) is 8.88. The van der Waals surface area contributed by atoms with Gasteiger partial charge in [0.1, 0.15) is 25.6 Å². The van der Waals surface area contributed by atoms with Gasteiger partial charge in [0.25, 0.3) is 5.56 Å². The maximum atomic E-state index is 13.6. The van der Waals surface area contributed by atoms with Crippen LogP contribution in [0.15, 0.2) is 83.8 Å². The number of carboxylic acid groups (broad SMARTS) is 1. The number of hydrogen-bond donors (Lipinski definition) is 6. The van der Waals surface area contributed by atoms with E-state index in [9.17, 15) is 32.3 Å². The molecule has 1 heterocycles. The summed E-state index contributed by atoms with van der Waals surface area (Å²) in [6.45, 7) is 0.631. The van der Waals surface area contributed by atoms with Gasteiger partial charge >= 0.3 is 24.2 Å². The molecule has 0 atom stereocenters. The molecule has 5 rings (SSSR count). The number of nitrogen functional groups attached to an aromatic ring is 1. The minimum absolute atomic E-state index is 0.0798. The highest BCUT2D eigenvalue weighted by Gasteiger charge is 2.38. The zero-order valence-corrected chi connectivity index (χ0v) is 30.9. The second kappa shape index (κ2) is 19.7. The van der Waals surface area contributed by atoms with E-state index < -0.39 is 35.7 Å². The standard InChI is InChI=1S/C36H40N8O6.C2HF3O2/c1-43(2)14-15-49-35(47)27-16-26(17-28(37)18-27)30-20-40-33(41-29-12-13-29)34(46)44(30)21-31(45)39-19-23-8-10-25(11-9-23)32(38)42-36(48)50-22-24-6-4-3-5-7-24;3-2(4,5)1(6)7/h3-11,16-18,20,29H,12-15,19,21-22,37H2,1-2H3,(H,39,45)(H,40,41)(H2,38,42,48);(H,6,7). The predicted molar refractivity (Wildman–Crippen MR) is 202 cm³/mol. The number of likely N-dealkylation sites (N-methyl/N-ethyl adjacent to an activating group) is 1. The number of alkyl halides is 3. The summed E-state index contributed by atoms with van der Waals surface area (Å²) in [4.78, 5) is 66.9. The van der Waals surface area contributed by atoms with Gasteiger partial charge in [0.15, 0.2) is 5.82 Å². The van der Waals surface area contributed by atoms with Crippen LogP contribution in [0, 0.1) is 5.41 Å². The van der Waals surface area contributed by atoms with E-state index in [0.29, 0.717) is 23.4 Å². The van der Waals surface area contributed by atoms with E-state index in [2.05, 4.69) is 20.9 Å². The molecule has 4 aromatic rings. The molecule has 3 aromatic carbocycles. The first kappa shape index (κ1) is 43.0.